The normalized spacial score (nSPS) is 16.2. The molecule has 1 aliphatic rings. The average Bonchev–Trinajstić information content (AvgIpc) is 2.96. The molecule has 1 aliphatic heterocycles. The second kappa shape index (κ2) is 7.70. The van der Waals surface area contributed by atoms with Crippen molar-refractivity contribution in [1.82, 2.24) is 0 Å². The number of anilines is 2. The minimum Gasteiger partial charge on any atom is -0.321 e. The molecule has 26 heavy (non-hydrogen) atoms. The molecule has 1 amide bonds. The van der Waals surface area contributed by atoms with E-state index in [0.29, 0.717) is 34.4 Å². The van der Waals surface area contributed by atoms with E-state index in [0.717, 1.165) is 5.56 Å². The van der Waals surface area contributed by atoms with Gasteiger partial charge in [0.2, 0.25) is 15.9 Å². The number of carbonyl (C=O) groups is 1. The minimum atomic E-state index is -3.19. The van der Waals surface area contributed by atoms with Crippen LogP contribution < -0.4 is 9.62 Å². The molecule has 1 fully saturated rings. The Bertz CT molecular complexity index is 957. The molecule has 0 spiro atoms. The zero-order chi connectivity index (χ0) is 18.7. The van der Waals surface area contributed by atoms with Crippen LogP contribution in [0.2, 0.25) is 10.0 Å². The molecule has 2 aromatic carbocycles. The van der Waals surface area contributed by atoms with Gasteiger partial charge in [-0.05, 0) is 48.4 Å². The summed E-state index contributed by atoms with van der Waals surface area (Å²) in [7, 11) is -3.19. The summed E-state index contributed by atoms with van der Waals surface area (Å²) in [5.74, 6) is -0.165. The Morgan fingerprint density at radius 2 is 1.85 bits per heavy atom. The zero-order valence-electron chi connectivity index (χ0n) is 13.7. The van der Waals surface area contributed by atoms with Crippen molar-refractivity contribution in [2.24, 2.45) is 0 Å². The fourth-order valence-corrected chi connectivity index (χ4v) is 4.52. The largest absolute Gasteiger partial charge is 0.321 e. The standard InChI is InChI=1S/C18H16Cl2N2O3S/c19-14-5-8-16(20)17(12-14)21-18(23)9-4-13-2-6-15(7-3-13)22-10-1-11-26(22,24)25/h2-9,12H,1,10-11H2,(H,21,23)/b9-4+. The molecule has 0 atom stereocenters. The Morgan fingerprint density at radius 1 is 1.12 bits per heavy atom. The maximum atomic E-state index is 12.0. The highest BCUT2D eigenvalue weighted by atomic mass is 35.5. The summed E-state index contributed by atoms with van der Waals surface area (Å²) in [6.45, 7) is 0.500. The second-order valence-electron chi connectivity index (χ2n) is 5.78. The zero-order valence-corrected chi connectivity index (χ0v) is 16.0. The first-order valence-corrected chi connectivity index (χ1v) is 10.3. The van der Waals surface area contributed by atoms with E-state index >= 15 is 0 Å². The predicted molar refractivity (Wildman–Crippen MR) is 106 cm³/mol. The topological polar surface area (TPSA) is 66.5 Å². The minimum absolute atomic E-state index is 0.181. The smallest absolute Gasteiger partial charge is 0.248 e. The number of hydrogen-bond donors (Lipinski definition) is 1. The van der Waals surface area contributed by atoms with E-state index in [-0.39, 0.29) is 11.7 Å². The van der Waals surface area contributed by atoms with Crippen molar-refractivity contribution < 1.29 is 13.2 Å². The van der Waals surface area contributed by atoms with Crippen molar-refractivity contribution in [3.05, 3.63) is 64.1 Å². The van der Waals surface area contributed by atoms with Crippen LogP contribution in [0.5, 0.6) is 0 Å². The second-order valence-corrected chi connectivity index (χ2v) is 8.64. The Kier molecular flexibility index (Phi) is 5.55. The lowest BCUT2D eigenvalue weighted by molar-refractivity contribution is -0.111. The monoisotopic (exact) mass is 410 g/mol. The number of halogens is 2. The van der Waals surface area contributed by atoms with Gasteiger partial charge in [-0.3, -0.25) is 9.10 Å². The number of amides is 1. The van der Waals surface area contributed by atoms with Gasteiger partial charge in [0.25, 0.3) is 0 Å². The van der Waals surface area contributed by atoms with Crippen LogP contribution in [0, 0.1) is 0 Å². The number of nitrogens with one attached hydrogen (secondary N) is 1. The van der Waals surface area contributed by atoms with Crippen LogP contribution in [-0.2, 0) is 14.8 Å². The van der Waals surface area contributed by atoms with Crippen molar-refractivity contribution in [2.75, 3.05) is 21.9 Å². The van der Waals surface area contributed by atoms with Crippen LogP contribution >= 0.6 is 23.2 Å². The summed E-state index contributed by atoms with van der Waals surface area (Å²) >= 11 is 11.9. The number of rotatable bonds is 4. The molecular weight excluding hydrogens is 395 g/mol. The van der Waals surface area contributed by atoms with Crippen molar-refractivity contribution in [2.45, 2.75) is 6.42 Å². The summed E-state index contributed by atoms with van der Waals surface area (Å²) in [5, 5.41) is 3.53. The van der Waals surface area contributed by atoms with Gasteiger partial charge in [-0.2, -0.15) is 0 Å². The van der Waals surface area contributed by atoms with Gasteiger partial charge in [0, 0.05) is 17.6 Å². The molecule has 136 valence electrons. The van der Waals surface area contributed by atoms with Gasteiger partial charge >= 0.3 is 0 Å². The first-order valence-electron chi connectivity index (χ1n) is 7.90. The summed E-state index contributed by atoms with van der Waals surface area (Å²) < 4.78 is 25.3. The first-order chi connectivity index (χ1) is 12.3. The van der Waals surface area contributed by atoms with E-state index in [1.54, 1.807) is 48.5 Å². The van der Waals surface area contributed by atoms with Crippen LogP contribution in [0.4, 0.5) is 11.4 Å². The van der Waals surface area contributed by atoms with Gasteiger partial charge in [0.15, 0.2) is 0 Å². The van der Waals surface area contributed by atoms with Crippen LogP contribution in [0.1, 0.15) is 12.0 Å². The molecular formula is C18H16Cl2N2O3S. The van der Waals surface area contributed by atoms with E-state index in [2.05, 4.69) is 5.32 Å². The van der Waals surface area contributed by atoms with Crippen LogP contribution in [-0.4, -0.2) is 26.6 Å². The van der Waals surface area contributed by atoms with Gasteiger partial charge in [-0.25, -0.2) is 8.42 Å². The molecule has 1 heterocycles. The molecule has 3 rings (SSSR count). The molecule has 0 aliphatic carbocycles. The van der Waals surface area contributed by atoms with Gasteiger partial charge < -0.3 is 5.32 Å². The molecule has 8 heteroatoms. The highest BCUT2D eigenvalue weighted by Crippen LogP contribution is 2.26. The summed E-state index contributed by atoms with van der Waals surface area (Å²) in [5.41, 5.74) is 1.84. The average molecular weight is 411 g/mol. The summed E-state index contributed by atoms with van der Waals surface area (Å²) in [6.07, 6.45) is 3.64. The van der Waals surface area contributed by atoms with E-state index in [1.807, 2.05) is 0 Å². The van der Waals surface area contributed by atoms with Crippen LogP contribution in [0.25, 0.3) is 6.08 Å². The molecule has 2 aromatic rings. The predicted octanol–water partition coefficient (Wildman–Crippen LogP) is 4.19. The Labute approximate surface area is 162 Å². The molecule has 5 nitrogen and oxygen atoms in total. The Hall–Kier alpha value is -2.02. The quantitative estimate of drug-likeness (QED) is 0.768. The Morgan fingerprint density at radius 3 is 2.50 bits per heavy atom. The molecule has 0 radical (unpaired) electrons. The molecule has 1 N–H and O–H groups in total. The number of hydrogen-bond acceptors (Lipinski definition) is 3. The van der Waals surface area contributed by atoms with Gasteiger partial charge in [-0.15, -0.1) is 0 Å². The number of carbonyl (C=O) groups excluding carboxylic acids is 1. The van der Waals surface area contributed by atoms with Crippen molar-refractivity contribution in [3.8, 4) is 0 Å². The summed E-state index contributed by atoms with van der Waals surface area (Å²) in [4.78, 5) is 12.0. The number of nitrogens with zero attached hydrogens (tertiary/aromatic N) is 1. The van der Waals surface area contributed by atoms with Gasteiger partial charge in [0.05, 0.1) is 22.2 Å². The molecule has 0 unspecified atom stereocenters. The van der Waals surface area contributed by atoms with Crippen LogP contribution in [0.15, 0.2) is 48.5 Å². The van der Waals surface area contributed by atoms with E-state index in [4.69, 9.17) is 23.2 Å². The number of sulfonamides is 1. The molecule has 0 saturated carbocycles. The fourth-order valence-electron chi connectivity index (χ4n) is 2.62. The maximum absolute atomic E-state index is 12.0. The van der Waals surface area contributed by atoms with Crippen LogP contribution in [0.3, 0.4) is 0 Å². The molecule has 0 bridgehead atoms. The molecule has 1 saturated heterocycles. The van der Waals surface area contributed by atoms with Gasteiger partial charge in [0.1, 0.15) is 0 Å². The van der Waals surface area contributed by atoms with Gasteiger partial charge in [-0.1, -0.05) is 35.3 Å². The van der Waals surface area contributed by atoms with Crippen molar-refractivity contribution in [3.63, 3.8) is 0 Å². The van der Waals surface area contributed by atoms with E-state index in [9.17, 15) is 13.2 Å². The lowest BCUT2D eigenvalue weighted by atomic mass is 10.2. The van der Waals surface area contributed by atoms with E-state index < -0.39 is 10.0 Å². The third kappa shape index (κ3) is 4.38. The third-order valence-corrected chi connectivity index (χ3v) is 6.33. The fraction of sp³-hybridized carbons (Fsp3) is 0.167. The van der Waals surface area contributed by atoms with Crippen molar-refractivity contribution in [1.29, 1.82) is 0 Å². The molecule has 0 aromatic heterocycles. The third-order valence-electron chi connectivity index (χ3n) is 3.89. The first kappa shape index (κ1) is 18.8. The lowest BCUT2D eigenvalue weighted by Gasteiger charge is -2.16. The summed E-state index contributed by atoms with van der Waals surface area (Å²) in [6, 6.07) is 11.8. The highest BCUT2D eigenvalue weighted by molar-refractivity contribution is 7.93. The highest BCUT2D eigenvalue weighted by Gasteiger charge is 2.28. The Balaban J connectivity index is 1.67. The SMILES string of the molecule is O=C(/C=C/c1ccc(N2CCCS2(=O)=O)cc1)Nc1cc(Cl)ccc1Cl. The maximum Gasteiger partial charge on any atom is 0.248 e. The van der Waals surface area contributed by atoms with E-state index in [1.165, 1.54) is 10.4 Å². The number of benzene rings is 2. The lowest BCUT2D eigenvalue weighted by Crippen LogP contribution is -2.24. The van der Waals surface area contributed by atoms with Crippen molar-refractivity contribution >= 4 is 56.6 Å².